The van der Waals surface area contributed by atoms with Crippen LogP contribution in [0, 0.1) is 5.92 Å². The number of nitrogens with zero attached hydrogens (tertiary/aromatic N) is 2. The molecule has 1 aromatic heterocycles. The molecule has 0 bridgehead atoms. The Balaban J connectivity index is 1.97. The lowest BCUT2D eigenvalue weighted by molar-refractivity contribution is 0.0811. The first-order chi connectivity index (χ1) is 9.16. The molecule has 0 spiro atoms. The molecule has 0 aliphatic carbocycles. The molecule has 2 rings (SSSR count). The Morgan fingerprint density at radius 3 is 2.84 bits per heavy atom. The van der Waals surface area contributed by atoms with Gasteiger partial charge in [0.15, 0.2) is 0 Å². The monoisotopic (exact) mass is 261 g/mol. The first-order valence-electron chi connectivity index (χ1n) is 6.37. The number of benzene rings is 1. The standard InChI is InChI=1S/C14H19N3O2/c1-10(2)8-18-5-6-19-14-12-4-3-11(15)7-13(12)16-9-17-14/h3-4,7,9-10H,5-6,8,15H2,1-2H3. The molecular formula is C14H19N3O2. The summed E-state index contributed by atoms with van der Waals surface area (Å²) in [4.78, 5) is 8.31. The van der Waals surface area contributed by atoms with Crippen LogP contribution in [-0.4, -0.2) is 29.8 Å². The Morgan fingerprint density at radius 2 is 2.05 bits per heavy atom. The molecule has 0 atom stereocenters. The summed E-state index contributed by atoms with van der Waals surface area (Å²) < 4.78 is 11.1. The van der Waals surface area contributed by atoms with Crippen molar-refractivity contribution in [3.8, 4) is 5.88 Å². The maximum atomic E-state index is 5.72. The highest BCUT2D eigenvalue weighted by molar-refractivity contribution is 5.85. The highest BCUT2D eigenvalue weighted by Gasteiger charge is 2.05. The third-order valence-corrected chi connectivity index (χ3v) is 2.54. The van der Waals surface area contributed by atoms with Gasteiger partial charge in [-0.05, 0) is 24.1 Å². The topological polar surface area (TPSA) is 70.3 Å². The number of ether oxygens (including phenoxy) is 2. The van der Waals surface area contributed by atoms with E-state index in [9.17, 15) is 0 Å². The van der Waals surface area contributed by atoms with Crippen LogP contribution < -0.4 is 10.5 Å². The molecule has 19 heavy (non-hydrogen) atoms. The minimum atomic E-state index is 0.475. The minimum Gasteiger partial charge on any atom is -0.475 e. The quantitative estimate of drug-likeness (QED) is 0.638. The molecule has 5 nitrogen and oxygen atoms in total. The second kappa shape index (κ2) is 6.33. The third kappa shape index (κ3) is 3.79. The lowest BCUT2D eigenvalue weighted by Crippen LogP contribution is -2.11. The van der Waals surface area contributed by atoms with Gasteiger partial charge >= 0.3 is 0 Å². The van der Waals surface area contributed by atoms with E-state index >= 15 is 0 Å². The number of anilines is 1. The average Bonchev–Trinajstić information content (AvgIpc) is 2.37. The predicted molar refractivity (Wildman–Crippen MR) is 75.1 cm³/mol. The number of nitrogen functional groups attached to an aromatic ring is 1. The molecule has 1 heterocycles. The molecule has 0 aliphatic rings. The third-order valence-electron chi connectivity index (χ3n) is 2.54. The van der Waals surface area contributed by atoms with Gasteiger partial charge in [-0.25, -0.2) is 9.97 Å². The van der Waals surface area contributed by atoms with Crippen molar-refractivity contribution in [2.45, 2.75) is 13.8 Å². The fourth-order valence-corrected chi connectivity index (χ4v) is 1.68. The molecule has 1 aromatic carbocycles. The van der Waals surface area contributed by atoms with Crippen LogP contribution in [0.3, 0.4) is 0 Å². The van der Waals surface area contributed by atoms with Crippen LogP contribution in [0.1, 0.15) is 13.8 Å². The van der Waals surface area contributed by atoms with Gasteiger partial charge in [0.25, 0.3) is 0 Å². The average molecular weight is 261 g/mol. The zero-order chi connectivity index (χ0) is 13.7. The Morgan fingerprint density at radius 1 is 1.21 bits per heavy atom. The van der Waals surface area contributed by atoms with E-state index < -0.39 is 0 Å². The number of hydrogen-bond acceptors (Lipinski definition) is 5. The van der Waals surface area contributed by atoms with Crippen molar-refractivity contribution in [2.75, 3.05) is 25.6 Å². The summed E-state index contributed by atoms with van der Waals surface area (Å²) in [6, 6.07) is 5.49. The molecule has 0 aliphatic heterocycles. The zero-order valence-corrected chi connectivity index (χ0v) is 11.3. The highest BCUT2D eigenvalue weighted by Crippen LogP contribution is 2.22. The molecule has 0 saturated carbocycles. The molecule has 0 fully saturated rings. The van der Waals surface area contributed by atoms with Gasteiger partial charge < -0.3 is 15.2 Å². The van der Waals surface area contributed by atoms with Crippen molar-refractivity contribution in [3.63, 3.8) is 0 Å². The van der Waals surface area contributed by atoms with E-state index in [-0.39, 0.29) is 0 Å². The van der Waals surface area contributed by atoms with Crippen molar-refractivity contribution in [1.82, 2.24) is 9.97 Å². The lowest BCUT2D eigenvalue weighted by Gasteiger charge is -2.09. The van der Waals surface area contributed by atoms with Gasteiger partial charge in [0, 0.05) is 12.3 Å². The normalized spacial score (nSPS) is 11.1. The molecule has 0 saturated heterocycles. The summed E-state index contributed by atoms with van der Waals surface area (Å²) in [5.41, 5.74) is 7.18. The lowest BCUT2D eigenvalue weighted by atomic mass is 10.2. The summed E-state index contributed by atoms with van der Waals surface area (Å²) in [6.45, 7) is 6.00. The predicted octanol–water partition coefficient (Wildman–Crippen LogP) is 2.26. The van der Waals surface area contributed by atoms with Crippen LogP contribution >= 0.6 is 0 Å². The summed E-state index contributed by atoms with van der Waals surface area (Å²) in [7, 11) is 0. The molecular weight excluding hydrogens is 242 g/mol. The first kappa shape index (κ1) is 13.5. The second-order valence-electron chi connectivity index (χ2n) is 4.77. The van der Waals surface area contributed by atoms with E-state index in [1.807, 2.05) is 12.1 Å². The zero-order valence-electron chi connectivity index (χ0n) is 11.3. The van der Waals surface area contributed by atoms with Crippen LogP contribution in [0.4, 0.5) is 5.69 Å². The Bertz CT molecular complexity index is 543. The van der Waals surface area contributed by atoms with Crippen LogP contribution in [-0.2, 0) is 4.74 Å². The van der Waals surface area contributed by atoms with Crippen molar-refractivity contribution >= 4 is 16.6 Å². The fourth-order valence-electron chi connectivity index (χ4n) is 1.68. The van der Waals surface area contributed by atoms with Gasteiger partial charge in [0.05, 0.1) is 17.5 Å². The van der Waals surface area contributed by atoms with E-state index in [0.717, 1.165) is 17.5 Å². The van der Waals surface area contributed by atoms with Gasteiger partial charge in [-0.2, -0.15) is 0 Å². The molecule has 2 N–H and O–H groups in total. The number of nitrogens with two attached hydrogens (primary N) is 1. The summed E-state index contributed by atoms with van der Waals surface area (Å²) in [5, 5.41) is 0.862. The van der Waals surface area contributed by atoms with E-state index in [4.69, 9.17) is 15.2 Å². The molecule has 5 heteroatoms. The molecule has 2 aromatic rings. The number of rotatable bonds is 6. The Labute approximate surface area is 112 Å². The van der Waals surface area contributed by atoms with E-state index in [2.05, 4.69) is 23.8 Å². The minimum absolute atomic E-state index is 0.475. The van der Waals surface area contributed by atoms with Crippen molar-refractivity contribution < 1.29 is 9.47 Å². The fraction of sp³-hybridized carbons (Fsp3) is 0.429. The van der Waals surface area contributed by atoms with Gasteiger partial charge in [-0.3, -0.25) is 0 Å². The van der Waals surface area contributed by atoms with Crippen LogP contribution in [0.5, 0.6) is 5.88 Å². The van der Waals surface area contributed by atoms with Crippen molar-refractivity contribution in [3.05, 3.63) is 24.5 Å². The second-order valence-corrected chi connectivity index (χ2v) is 4.77. The largest absolute Gasteiger partial charge is 0.475 e. The molecule has 102 valence electrons. The SMILES string of the molecule is CC(C)COCCOc1ncnc2cc(N)ccc12. The van der Waals surface area contributed by atoms with E-state index in [0.29, 0.717) is 30.7 Å². The Hall–Kier alpha value is -1.88. The van der Waals surface area contributed by atoms with Gasteiger partial charge in [0.2, 0.25) is 5.88 Å². The van der Waals surface area contributed by atoms with Gasteiger partial charge in [0.1, 0.15) is 12.9 Å². The van der Waals surface area contributed by atoms with E-state index in [1.165, 1.54) is 6.33 Å². The summed E-state index contributed by atoms with van der Waals surface area (Å²) >= 11 is 0. The maximum absolute atomic E-state index is 5.72. The number of aromatic nitrogens is 2. The summed E-state index contributed by atoms with van der Waals surface area (Å²) in [6.07, 6.45) is 1.48. The van der Waals surface area contributed by atoms with Crippen LogP contribution in [0.2, 0.25) is 0 Å². The Kier molecular flexibility index (Phi) is 4.52. The first-order valence-corrected chi connectivity index (χ1v) is 6.37. The summed E-state index contributed by atoms with van der Waals surface area (Å²) in [5.74, 6) is 1.10. The smallest absolute Gasteiger partial charge is 0.224 e. The van der Waals surface area contributed by atoms with Crippen LogP contribution in [0.25, 0.3) is 10.9 Å². The van der Waals surface area contributed by atoms with E-state index in [1.54, 1.807) is 6.07 Å². The highest BCUT2D eigenvalue weighted by atomic mass is 16.5. The van der Waals surface area contributed by atoms with Gasteiger partial charge in [-0.15, -0.1) is 0 Å². The van der Waals surface area contributed by atoms with Crippen LogP contribution in [0.15, 0.2) is 24.5 Å². The molecule has 0 radical (unpaired) electrons. The van der Waals surface area contributed by atoms with Crippen molar-refractivity contribution in [2.24, 2.45) is 5.92 Å². The molecule has 0 unspecified atom stereocenters. The van der Waals surface area contributed by atoms with Gasteiger partial charge in [-0.1, -0.05) is 13.8 Å². The van der Waals surface area contributed by atoms with Crippen molar-refractivity contribution in [1.29, 1.82) is 0 Å². The molecule has 0 amide bonds. The number of hydrogen-bond donors (Lipinski definition) is 1. The maximum Gasteiger partial charge on any atom is 0.224 e. The number of fused-ring (bicyclic) bond motifs is 1.